The van der Waals surface area contributed by atoms with Gasteiger partial charge < -0.3 is 15.7 Å². The van der Waals surface area contributed by atoms with Crippen LogP contribution < -0.4 is 10.5 Å². The molecule has 0 aliphatic carbocycles. The van der Waals surface area contributed by atoms with Crippen molar-refractivity contribution in [3.63, 3.8) is 0 Å². The van der Waals surface area contributed by atoms with Gasteiger partial charge in [0.1, 0.15) is 0 Å². The third-order valence-corrected chi connectivity index (χ3v) is 3.00. The zero-order chi connectivity index (χ0) is 15.4. The van der Waals surface area contributed by atoms with Crippen LogP contribution in [0.1, 0.15) is 29.6 Å². The molecule has 0 atom stereocenters. The Bertz CT molecular complexity index is 683. The van der Waals surface area contributed by atoms with Gasteiger partial charge in [0.15, 0.2) is 11.6 Å². The van der Waals surface area contributed by atoms with Gasteiger partial charge in [-0.15, -0.1) is 0 Å². The zero-order valence-corrected chi connectivity index (χ0v) is 12.3. The van der Waals surface area contributed by atoms with E-state index in [1.165, 1.54) is 0 Å². The first-order valence-corrected chi connectivity index (χ1v) is 6.65. The van der Waals surface area contributed by atoms with Crippen molar-refractivity contribution in [3.05, 3.63) is 46.9 Å². The topological polar surface area (TPSA) is 93.6 Å². The van der Waals surface area contributed by atoms with Crippen molar-refractivity contribution in [2.75, 3.05) is 0 Å². The fourth-order valence-electron chi connectivity index (χ4n) is 1.91. The Morgan fingerprint density at radius 1 is 1.19 bits per heavy atom. The molecule has 2 aromatic heterocycles. The zero-order valence-electron chi connectivity index (χ0n) is 12.3. The molecule has 0 spiro atoms. The molecule has 21 heavy (non-hydrogen) atoms. The molecule has 2 heterocycles. The second kappa shape index (κ2) is 6.21. The van der Waals surface area contributed by atoms with E-state index in [0.29, 0.717) is 17.2 Å². The quantitative estimate of drug-likeness (QED) is 0.390. The number of nitrogens with zero attached hydrogens (tertiary/aromatic N) is 3. The molecule has 2 rings (SSSR count). The Labute approximate surface area is 123 Å². The predicted octanol–water partition coefficient (Wildman–Crippen LogP) is 2.54. The van der Waals surface area contributed by atoms with Gasteiger partial charge in [0.25, 0.3) is 0 Å². The van der Waals surface area contributed by atoms with Crippen molar-refractivity contribution in [1.29, 1.82) is 0 Å². The minimum atomic E-state index is -0.0457. The predicted molar refractivity (Wildman–Crippen MR) is 79.9 cm³/mol. The lowest BCUT2D eigenvalue weighted by Crippen LogP contribution is -2.15. The van der Waals surface area contributed by atoms with Crippen LogP contribution in [0.2, 0.25) is 0 Å². The maximum absolute atomic E-state index is 8.85. The van der Waals surface area contributed by atoms with Crippen LogP contribution in [0.4, 0.5) is 0 Å². The summed E-state index contributed by atoms with van der Waals surface area (Å²) in [7, 11) is 0. The second-order valence-electron chi connectivity index (χ2n) is 4.64. The average molecular weight is 286 g/mol. The van der Waals surface area contributed by atoms with Crippen molar-refractivity contribution < 1.29 is 9.94 Å². The molecular formula is C15H18N4O2. The van der Waals surface area contributed by atoms with Crippen LogP contribution in [-0.4, -0.2) is 21.0 Å². The molecule has 0 aromatic carbocycles. The van der Waals surface area contributed by atoms with Gasteiger partial charge in [0.05, 0.1) is 11.3 Å². The number of amidine groups is 1. The fourth-order valence-corrected chi connectivity index (χ4v) is 1.91. The Morgan fingerprint density at radius 2 is 1.86 bits per heavy atom. The van der Waals surface area contributed by atoms with Gasteiger partial charge in [-0.3, -0.25) is 4.98 Å². The van der Waals surface area contributed by atoms with E-state index in [1.807, 2.05) is 32.9 Å². The highest BCUT2D eigenvalue weighted by Crippen LogP contribution is 2.26. The highest BCUT2D eigenvalue weighted by molar-refractivity contribution is 5.99. The van der Waals surface area contributed by atoms with Crippen molar-refractivity contribution in [1.82, 2.24) is 9.97 Å². The van der Waals surface area contributed by atoms with Crippen molar-refractivity contribution in [2.24, 2.45) is 10.9 Å². The summed E-state index contributed by atoms with van der Waals surface area (Å²) in [5.74, 6) is 0.870. The molecule has 0 amide bonds. The number of aryl methyl sites for hydroxylation is 3. The normalized spacial score (nSPS) is 11.5. The van der Waals surface area contributed by atoms with Crippen LogP contribution in [0, 0.1) is 13.8 Å². The molecule has 0 bridgehead atoms. The molecule has 6 nitrogen and oxygen atoms in total. The van der Waals surface area contributed by atoms with Crippen LogP contribution in [0.5, 0.6) is 11.6 Å². The molecule has 110 valence electrons. The van der Waals surface area contributed by atoms with Crippen LogP contribution in [0.3, 0.4) is 0 Å². The Kier molecular flexibility index (Phi) is 4.37. The number of rotatable bonds is 4. The molecule has 0 saturated heterocycles. The van der Waals surface area contributed by atoms with E-state index in [9.17, 15) is 0 Å². The average Bonchev–Trinajstić information content (AvgIpc) is 2.48. The smallest absolute Gasteiger partial charge is 0.230 e. The maximum Gasteiger partial charge on any atom is 0.230 e. The summed E-state index contributed by atoms with van der Waals surface area (Å²) < 4.78 is 5.84. The first kappa shape index (κ1) is 14.8. The minimum Gasteiger partial charge on any atom is -0.436 e. The van der Waals surface area contributed by atoms with Gasteiger partial charge in [-0.1, -0.05) is 12.1 Å². The Balaban J connectivity index is 2.46. The summed E-state index contributed by atoms with van der Waals surface area (Å²) in [5.41, 5.74) is 8.63. The standard InChI is InChI=1S/C15H18N4O2/c1-4-12-13(8-6-9(2)17-12)21-15-11(14(16)19-20)7-5-10(3)18-15/h5-8,20H,4H2,1-3H3,(H2,16,19). The van der Waals surface area contributed by atoms with Crippen molar-refractivity contribution >= 4 is 5.84 Å². The van der Waals surface area contributed by atoms with Crippen LogP contribution in [0.25, 0.3) is 0 Å². The molecule has 2 aromatic rings. The van der Waals surface area contributed by atoms with E-state index in [2.05, 4.69) is 15.1 Å². The lowest BCUT2D eigenvalue weighted by atomic mass is 10.2. The van der Waals surface area contributed by atoms with Gasteiger partial charge in [0.2, 0.25) is 5.88 Å². The molecule has 0 unspecified atom stereocenters. The molecule has 6 heteroatoms. The van der Waals surface area contributed by atoms with Gasteiger partial charge in [-0.05, 0) is 44.5 Å². The van der Waals surface area contributed by atoms with Gasteiger partial charge in [-0.2, -0.15) is 0 Å². The lowest BCUT2D eigenvalue weighted by molar-refractivity contribution is 0.318. The summed E-state index contributed by atoms with van der Waals surface area (Å²) in [6, 6.07) is 7.20. The highest BCUT2D eigenvalue weighted by Gasteiger charge is 2.13. The van der Waals surface area contributed by atoms with Crippen LogP contribution in [-0.2, 0) is 6.42 Å². The summed E-state index contributed by atoms with van der Waals surface area (Å²) in [5, 5.41) is 11.9. The third kappa shape index (κ3) is 3.28. The van der Waals surface area contributed by atoms with Crippen LogP contribution in [0.15, 0.2) is 29.4 Å². The fraction of sp³-hybridized carbons (Fsp3) is 0.267. The highest BCUT2D eigenvalue weighted by atomic mass is 16.5. The van der Waals surface area contributed by atoms with Crippen molar-refractivity contribution in [3.8, 4) is 11.6 Å². The van der Waals surface area contributed by atoms with E-state index in [-0.39, 0.29) is 5.84 Å². The molecule has 0 aliphatic heterocycles. The SMILES string of the molecule is CCc1nc(C)ccc1Oc1nc(C)ccc1/C(N)=N/O. The summed E-state index contributed by atoms with van der Waals surface area (Å²) in [4.78, 5) is 8.75. The maximum atomic E-state index is 8.85. The number of ether oxygens (including phenoxy) is 1. The van der Waals surface area contributed by atoms with Gasteiger partial charge in [-0.25, -0.2) is 4.98 Å². The summed E-state index contributed by atoms with van der Waals surface area (Å²) >= 11 is 0. The lowest BCUT2D eigenvalue weighted by Gasteiger charge is -2.12. The van der Waals surface area contributed by atoms with E-state index < -0.39 is 0 Å². The molecule has 0 aliphatic rings. The van der Waals surface area contributed by atoms with Crippen LogP contribution >= 0.6 is 0 Å². The second-order valence-corrected chi connectivity index (χ2v) is 4.64. The number of pyridine rings is 2. The molecular weight excluding hydrogens is 268 g/mol. The largest absolute Gasteiger partial charge is 0.436 e. The summed E-state index contributed by atoms with van der Waals surface area (Å²) in [6.45, 7) is 5.77. The molecule has 0 radical (unpaired) electrons. The molecule has 0 saturated carbocycles. The van der Waals surface area contributed by atoms with E-state index in [0.717, 1.165) is 23.5 Å². The monoisotopic (exact) mass is 286 g/mol. The number of nitrogens with two attached hydrogens (primary N) is 1. The van der Waals surface area contributed by atoms with Gasteiger partial charge in [0, 0.05) is 11.4 Å². The first-order chi connectivity index (χ1) is 10.0. The molecule has 0 fully saturated rings. The van der Waals surface area contributed by atoms with E-state index in [4.69, 9.17) is 15.7 Å². The van der Waals surface area contributed by atoms with Gasteiger partial charge >= 0.3 is 0 Å². The summed E-state index contributed by atoms with van der Waals surface area (Å²) in [6.07, 6.45) is 0.738. The molecule has 3 N–H and O–H groups in total. The third-order valence-electron chi connectivity index (χ3n) is 3.00. The van der Waals surface area contributed by atoms with E-state index in [1.54, 1.807) is 12.1 Å². The van der Waals surface area contributed by atoms with E-state index >= 15 is 0 Å². The minimum absolute atomic E-state index is 0.0457. The Morgan fingerprint density at radius 3 is 2.52 bits per heavy atom. The first-order valence-electron chi connectivity index (χ1n) is 6.65. The van der Waals surface area contributed by atoms with Crippen molar-refractivity contribution in [2.45, 2.75) is 27.2 Å². The number of aromatic nitrogens is 2. The Hall–Kier alpha value is -2.63. The number of hydrogen-bond donors (Lipinski definition) is 2. The number of hydrogen-bond acceptors (Lipinski definition) is 5. The number of oxime groups is 1.